The first kappa shape index (κ1) is 17.7. The van der Waals surface area contributed by atoms with E-state index in [1.54, 1.807) is 7.11 Å². The Labute approximate surface area is 138 Å². The lowest BCUT2D eigenvalue weighted by Crippen LogP contribution is -2.38. The zero-order chi connectivity index (χ0) is 16.5. The molecule has 1 atom stereocenters. The number of carbonyl (C=O) groups excluding carboxylic acids is 1. The Kier molecular flexibility index (Phi) is 7.32. The van der Waals surface area contributed by atoms with Gasteiger partial charge in [0, 0.05) is 32.4 Å². The Morgan fingerprint density at radius 3 is 2.65 bits per heavy atom. The first-order chi connectivity index (χ1) is 11.2. The Morgan fingerprint density at radius 2 is 2.00 bits per heavy atom. The molecule has 1 heterocycles. The van der Waals surface area contributed by atoms with E-state index in [4.69, 9.17) is 9.47 Å². The lowest BCUT2D eigenvalue weighted by Gasteiger charge is -2.26. The molecular formula is C17H27N3O3. The molecule has 1 aromatic carbocycles. The number of urea groups is 1. The van der Waals surface area contributed by atoms with Crippen LogP contribution in [-0.4, -0.2) is 63.5 Å². The Hall–Kier alpha value is -1.63. The van der Waals surface area contributed by atoms with Gasteiger partial charge in [-0.1, -0.05) is 12.1 Å². The minimum Gasteiger partial charge on any atom is -0.383 e. The third-order valence-corrected chi connectivity index (χ3v) is 3.83. The van der Waals surface area contributed by atoms with E-state index < -0.39 is 0 Å². The normalized spacial score (nSPS) is 16.8. The number of methoxy groups -OCH3 is 1. The van der Waals surface area contributed by atoms with E-state index in [0.717, 1.165) is 45.0 Å². The molecule has 0 spiro atoms. The lowest BCUT2D eigenvalue weighted by molar-refractivity contribution is 0.0384. The van der Waals surface area contributed by atoms with Crippen LogP contribution in [0.2, 0.25) is 0 Å². The van der Waals surface area contributed by atoms with Gasteiger partial charge in [-0.25, -0.2) is 4.79 Å². The molecule has 0 aliphatic carbocycles. The Balaban J connectivity index is 1.74. The molecule has 2 amide bonds. The molecule has 2 rings (SSSR count). The molecule has 1 aliphatic heterocycles. The zero-order valence-corrected chi connectivity index (χ0v) is 14.0. The van der Waals surface area contributed by atoms with Gasteiger partial charge in [-0.05, 0) is 31.0 Å². The summed E-state index contributed by atoms with van der Waals surface area (Å²) < 4.78 is 10.3. The number of carbonyl (C=O) groups is 1. The topological polar surface area (TPSA) is 62.8 Å². The largest absolute Gasteiger partial charge is 0.383 e. The van der Waals surface area contributed by atoms with Crippen LogP contribution in [0.15, 0.2) is 24.3 Å². The second-order valence-corrected chi connectivity index (χ2v) is 5.86. The molecule has 0 saturated carbocycles. The molecule has 0 radical (unpaired) electrons. The van der Waals surface area contributed by atoms with Crippen molar-refractivity contribution in [3.05, 3.63) is 29.8 Å². The third-order valence-electron chi connectivity index (χ3n) is 3.83. The highest BCUT2D eigenvalue weighted by atomic mass is 16.5. The van der Waals surface area contributed by atoms with Crippen molar-refractivity contribution < 1.29 is 14.3 Å². The average Bonchev–Trinajstić information content (AvgIpc) is 2.55. The summed E-state index contributed by atoms with van der Waals surface area (Å²) in [5, 5.41) is 5.65. The quantitative estimate of drug-likeness (QED) is 0.803. The molecule has 0 bridgehead atoms. The van der Waals surface area contributed by atoms with Gasteiger partial charge in [-0.2, -0.15) is 0 Å². The molecule has 0 aromatic heterocycles. The van der Waals surface area contributed by atoms with E-state index in [9.17, 15) is 4.79 Å². The van der Waals surface area contributed by atoms with Crippen LogP contribution in [0.5, 0.6) is 0 Å². The van der Waals surface area contributed by atoms with Crippen LogP contribution in [0.3, 0.4) is 0 Å². The number of benzene rings is 1. The summed E-state index contributed by atoms with van der Waals surface area (Å²) in [6, 6.07) is 7.77. The molecule has 1 aromatic rings. The number of hydrogen-bond donors (Lipinski definition) is 2. The fraction of sp³-hybridized carbons (Fsp3) is 0.588. The molecule has 6 heteroatoms. The number of rotatable bonds is 7. The van der Waals surface area contributed by atoms with Gasteiger partial charge in [-0.15, -0.1) is 0 Å². The maximum absolute atomic E-state index is 11.8. The number of hydrogen-bond acceptors (Lipinski definition) is 4. The lowest BCUT2D eigenvalue weighted by atomic mass is 10.1. The average molecular weight is 321 g/mol. The summed E-state index contributed by atoms with van der Waals surface area (Å²) >= 11 is 0. The van der Waals surface area contributed by atoms with Crippen molar-refractivity contribution in [2.45, 2.75) is 19.4 Å². The number of nitrogens with one attached hydrogen (secondary N) is 2. The SMILES string of the molecule is COCC(C)NC(=O)Nc1ccc(CCN2CCOCC2)cc1. The van der Waals surface area contributed by atoms with Gasteiger partial charge in [0.25, 0.3) is 0 Å². The number of morpholine rings is 1. The Morgan fingerprint density at radius 1 is 1.30 bits per heavy atom. The van der Waals surface area contributed by atoms with Crippen molar-refractivity contribution in [1.29, 1.82) is 0 Å². The molecule has 2 N–H and O–H groups in total. The monoisotopic (exact) mass is 321 g/mol. The minimum absolute atomic E-state index is 0.0206. The van der Waals surface area contributed by atoms with Crippen LogP contribution in [0.4, 0.5) is 10.5 Å². The number of ether oxygens (including phenoxy) is 2. The third kappa shape index (κ3) is 6.56. The smallest absolute Gasteiger partial charge is 0.319 e. The maximum Gasteiger partial charge on any atom is 0.319 e. The fourth-order valence-corrected chi connectivity index (χ4v) is 2.55. The van der Waals surface area contributed by atoms with Crippen molar-refractivity contribution in [2.24, 2.45) is 0 Å². The highest BCUT2D eigenvalue weighted by Crippen LogP contribution is 2.11. The van der Waals surface area contributed by atoms with Crippen LogP contribution in [-0.2, 0) is 15.9 Å². The van der Waals surface area contributed by atoms with Gasteiger partial charge >= 0.3 is 6.03 Å². The highest BCUT2D eigenvalue weighted by Gasteiger charge is 2.10. The van der Waals surface area contributed by atoms with Crippen LogP contribution < -0.4 is 10.6 Å². The number of anilines is 1. The van der Waals surface area contributed by atoms with Gasteiger partial charge in [0.1, 0.15) is 0 Å². The molecular weight excluding hydrogens is 294 g/mol. The summed E-state index contributed by atoms with van der Waals surface area (Å²) in [6.45, 7) is 7.13. The molecule has 23 heavy (non-hydrogen) atoms. The molecule has 1 saturated heterocycles. The van der Waals surface area contributed by atoms with Crippen molar-refractivity contribution in [1.82, 2.24) is 10.2 Å². The second-order valence-electron chi connectivity index (χ2n) is 5.86. The summed E-state index contributed by atoms with van der Waals surface area (Å²) in [5.74, 6) is 0. The van der Waals surface area contributed by atoms with Crippen LogP contribution >= 0.6 is 0 Å². The van der Waals surface area contributed by atoms with Crippen LogP contribution in [0, 0.1) is 0 Å². The molecule has 1 aliphatic rings. The predicted octanol–water partition coefficient (Wildman–Crippen LogP) is 1.72. The van der Waals surface area contributed by atoms with E-state index in [2.05, 4.69) is 27.7 Å². The molecule has 6 nitrogen and oxygen atoms in total. The van der Waals surface area contributed by atoms with Gasteiger partial charge in [0.15, 0.2) is 0 Å². The first-order valence-corrected chi connectivity index (χ1v) is 8.13. The number of amides is 2. The minimum atomic E-state index is -0.212. The fourth-order valence-electron chi connectivity index (χ4n) is 2.55. The summed E-state index contributed by atoms with van der Waals surface area (Å²) in [6.07, 6.45) is 1.01. The van der Waals surface area contributed by atoms with Crippen molar-refractivity contribution in [3.8, 4) is 0 Å². The maximum atomic E-state index is 11.8. The van der Waals surface area contributed by atoms with Crippen molar-refractivity contribution in [3.63, 3.8) is 0 Å². The number of nitrogens with zero attached hydrogens (tertiary/aromatic N) is 1. The standard InChI is InChI=1S/C17H27N3O3/c1-14(13-22-2)18-17(21)19-16-5-3-15(4-6-16)7-8-20-9-11-23-12-10-20/h3-6,14H,7-13H2,1-2H3,(H2,18,19,21). The van der Waals surface area contributed by atoms with E-state index in [-0.39, 0.29) is 12.1 Å². The predicted molar refractivity (Wildman–Crippen MR) is 90.9 cm³/mol. The molecule has 1 fully saturated rings. The van der Waals surface area contributed by atoms with E-state index in [1.807, 2.05) is 19.1 Å². The molecule has 1 unspecified atom stereocenters. The van der Waals surface area contributed by atoms with Gasteiger partial charge in [0.2, 0.25) is 0 Å². The van der Waals surface area contributed by atoms with Crippen molar-refractivity contribution >= 4 is 11.7 Å². The van der Waals surface area contributed by atoms with Gasteiger partial charge in [0.05, 0.1) is 25.9 Å². The van der Waals surface area contributed by atoms with Crippen LogP contribution in [0.1, 0.15) is 12.5 Å². The molecule has 128 valence electrons. The summed E-state index contributed by atoms with van der Waals surface area (Å²) in [4.78, 5) is 14.2. The first-order valence-electron chi connectivity index (χ1n) is 8.13. The zero-order valence-electron chi connectivity index (χ0n) is 14.0. The summed E-state index contributed by atoms with van der Waals surface area (Å²) in [5.41, 5.74) is 2.07. The highest BCUT2D eigenvalue weighted by molar-refractivity contribution is 5.89. The van der Waals surface area contributed by atoms with E-state index >= 15 is 0 Å². The van der Waals surface area contributed by atoms with E-state index in [0.29, 0.717) is 6.61 Å². The van der Waals surface area contributed by atoms with Gasteiger partial charge < -0.3 is 20.1 Å². The summed E-state index contributed by atoms with van der Waals surface area (Å²) in [7, 11) is 1.62. The van der Waals surface area contributed by atoms with Gasteiger partial charge in [-0.3, -0.25) is 4.90 Å². The van der Waals surface area contributed by atoms with E-state index in [1.165, 1.54) is 5.56 Å². The van der Waals surface area contributed by atoms with Crippen LogP contribution in [0.25, 0.3) is 0 Å². The van der Waals surface area contributed by atoms with Crippen molar-refractivity contribution in [2.75, 3.05) is 51.9 Å². The second kappa shape index (κ2) is 9.50. The Bertz CT molecular complexity index is 472.